The van der Waals surface area contributed by atoms with Gasteiger partial charge in [-0.3, -0.25) is 4.98 Å². The van der Waals surface area contributed by atoms with Crippen LogP contribution in [0.3, 0.4) is 0 Å². The molecule has 3 heterocycles. The van der Waals surface area contributed by atoms with Crippen LogP contribution in [0.25, 0.3) is 66.4 Å². The molecule has 0 aliphatic carbocycles. The summed E-state index contributed by atoms with van der Waals surface area (Å²) in [6.07, 6.45) is 3.65. The number of rotatable bonds is 4. The quantitative estimate of drug-likeness (QED) is 0.131. The van der Waals surface area contributed by atoms with Gasteiger partial charge in [0.05, 0.1) is 5.52 Å². The third-order valence-electron chi connectivity index (χ3n) is 8.92. The van der Waals surface area contributed by atoms with Crippen molar-refractivity contribution in [1.82, 2.24) is 15.0 Å². The van der Waals surface area contributed by atoms with Gasteiger partial charge < -0.3 is 9.97 Å². The van der Waals surface area contributed by atoms with Crippen LogP contribution >= 0.6 is 0 Å². The van der Waals surface area contributed by atoms with Gasteiger partial charge in [0.15, 0.2) is 0 Å². The zero-order chi connectivity index (χ0) is 33.9. The number of pyridine rings is 3. The average Bonchev–Trinajstić information content (AvgIpc) is 3.12. The van der Waals surface area contributed by atoms with E-state index in [0.29, 0.717) is 0 Å². The van der Waals surface area contributed by atoms with Gasteiger partial charge in [-0.1, -0.05) is 59.7 Å². The van der Waals surface area contributed by atoms with Crippen molar-refractivity contribution in [2.45, 2.75) is 34.6 Å². The third kappa shape index (κ3) is 7.33. The standard InChI is InChI=1S/C35H29N2.C11H8N.Ir/c1-21-9-11-28-29-12-10-25(5)37-35(29)20-33(32(28)15-21)31-19-30(23(3)17-24(31)4)26-7-6-8-27(18-26)34-16-22(2)13-14-36-34;1-2-6-10(7-3-1)11-8-4-5-9-12-11;/h6-7,9-20H,1-5H3;1-6,8-9H;/q2*-1;. The molecule has 0 fully saturated rings. The van der Waals surface area contributed by atoms with Crippen LogP contribution in [0, 0.1) is 46.8 Å². The molecule has 8 aromatic rings. The molecule has 0 N–H and O–H groups in total. The number of hydrogen-bond donors (Lipinski definition) is 0. The van der Waals surface area contributed by atoms with Crippen LogP contribution in [0.15, 0.2) is 134 Å². The SMILES string of the molecule is Cc1ccnc(-c2[c-]ccc(-c3cc(-c4cc5nc(C)ccc5c5ccc(C)cc45)c(C)cc3C)c2)c1.[Ir].[c-]1ccccc1-c1ccccn1. The van der Waals surface area contributed by atoms with Crippen LogP contribution in [-0.2, 0) is 20.1 Å². The molecular formula is C46H37IrN3-2. The third-order valence-corrected chi connectivity index (χ3v) is 8.92. The van der Waals surface area contributed by atoms with E-state index >= 15 is 0 Å². The number of aromatic nitrogens is 3. The van der Waals surface area contributed by atoms with Crippen LogP contribution in [0.5, 0.6) is 0 Å². The largest absolute Gasteiger partial charge is 0.305 e. The molecule has 0 atom stereocenters. The molecule has 0 spiro atoms. The van der Waals surface area contributed by atoms with Gasteiger partial charge in [0.2, 0.25) is 0 Å². The first-order chi connectivity index (χ1) is 23.8. The molecule has 0 unspecified atom stereocenters. The summed E-state index contributed by atoms with van der Waals surface area (Å²) in [5.41, 5.74) is 15.9. The van der Waals surface area contributed by atoms with Crippen molar-refractivity contribution < 1.29 is 20.1 Å². The fraction of sp³-hybridized carbons (Fsp3) is 0.109. The minimum absolute atomic E-state index is 0. The fourth-order valence-electron chi connectivity index (χ4n) is 6.46. The van der Waals surface area contributed by atoms with Crippen molar-refractivity contribution in [3.63, 3.8) is 0 Å². The summed E-state index contributed by atoms with van der Waals surface area (Å²) in [5, 5.41) is 3.71. The summed E-state index contributed by atoms with van der Waals surface area (Å²) in [4.78, 5) is 13.7. The summed E-state index contributed by atoms with van der Waals surface area (Å²) >= 11 is 0. The van der Waals surface area contributed by atoms with E-state index in [1.54, 1.807) is 6.20 Å². The van der Waals surface area contributed by atoms with Crippen molar-refractivity contribution in [2.24, 2.45) is 0 Å². The van der Waals surface area contributed by atoms with Crippen LogP contribution in [0.2, 0.25) is 0 Å². The molecule has 50 heavy (non-hydrogen) atoms. The van der Waals surface area contributed by atoms with E-state index in [0.717, 1.165) is 33.7 Å². The van der Waals surface area contributed by atoms with Crippen molar-refractivity contribution in [2.75, 3.05) is 0 Å². The Bertz CT molecular complexity index is 2400. The van der Waals surface area contributed by atoms with Gasteiger partial charge >= 0.3 is 0 Å². The van der Waals surface area contributed by atoms with E-state index < -0.39 is 0 Å². The summed E-state index contributed by atoms with van der Waals surface area (Å²) in [7, 11) is 0. The van der Waals surface area contributed by atoms with E-state index in [9.17, 15) is 0 Å². The molecule has 0 aliphatic heterocycles. The Morgan fingerprint density at radius 1 is 0.480 bits per heavy atom. The zero-order valence-electron chi connectivity index (χ0n) is 28.9. The molecule has 1 radical (unpaired) electrons. The minimum Gasteiger partial charge on any atom is -0.305 e. The van der Waals surface area contributed by atoms with E-state index in [1.165, 1.54) is 60.7 Å². The van der Waals surface area contributed by atoms with E-state index in [2.05, 4.69) is 123 Å². The number of aryl methyl sites for hydroxylation is 5. The molecule has 247 valence electrons. The predicted molar refractivity (Wildman–Crippen MR) is 204 cm³/mol. The molecule has 8 rings (SSSR count). The van der Waals surface area contributed by atoms with Gasteiger partial charge in [-0.2, -0.15) is 0 Å². The molecule has 5 aromatic carbocycles. The molecular weight excluding hydrogens is 787 g/mol. The van der Waals surface area contributed by atoms with Gasteiger partial charge in [0, 0.05) is 43.6 Å². The number of hydrogen-bond acceptors (Lipinski definition) is 3. The van der Waals surface area contributed by atoms with E-state index in [1.807, 2.05) is 60.8 Å². The zero-order valence-corrected chi connectivity index (χ0v) is 31.3. The van der Waals surface area contributed by atoms with E-state index in [-0.39, 0.29) is 20.1 Å². The molecule has 3 aromatic heterocycles. The van der Waals surface area contributed by atoms with Crippen LogP contribution in [-0.4, -0.2) is 15.0 Å². The fourth-order valence-corrected chi connectivity index (χ4v) is 6.46. The second-order valence-corrected chi connectivity index (χ2v) is 12.7. The molecule has 0 saturated carbocycles. The predicted octanol–water partition coefficient (Wildman–Crippen LogP) is 11.7. The van der Waals surface area contributed by atoms with Crippen molar-refractivity contribution in [1.29, 1.82) is 0 Å². The Balaban J connectivity index is 0.000000281. The van der Waals surface area contributed by atoms with Crippen LogP contribution in [0.4, 0.5) is 0 Å². The maximum absolute atomic E-state index is 4.90. The van der Waals surface area contributed by atoms with Crippen LogP contribution in [0.1, 0.15) is 27.9 Å². The Kier molecular flexibility index (Phi) is 10.4. The van der Waals surface area contributed by atoms with Gasteiger partial charge in [0.25, 0.3) is 0 Å². The Labute approximate surface area is 308 Å². The second-order valence-electron chi connectivity index (χ2n) is 12.7. The molecule has 4 heteroatoms. The Hall–Kier alpha value is -5.28. The summed E-state index contributed by atoms with van der Waals surface area (Å²) in [6, 6.07) is 48.7. The molecule has 0 aliphatic rings. The topological polar surface area (TPSA) is 38.7 Å². The first kappa shape index (κ1) is 34.6. The maximum atomic E-state index is 4.90. The molecule has 3 nitrogen and oxygen atoms in total. The van der Waals surface area contributed by atoms with Crippen molar-refractivity contribution in [3.05, 3.63) is 174 Å². The number of benzene rings is 5. The summed E-state index contributed by atoms with van der Waals surface area (Å²) < 4.78 is 0. The van der Waals surface area contributed by atoms with Crippen LogP contribution < -0.4 is 0 Å². The van der Waals surface area contributed by atoms with E-state index in [4.69, 9.17) is 4.98 Å². The van der Waals surface area contributed by atoms with Gasteiger partial charge in [0.1, 0.15) is 0 Å². The molecule has 0 saturated heterocycles. The molecule has 0 bridgehead atoms. The Morgan fingerprint density at radius 2 is 1.24 bits per heavy atom. The second kappa shape index (κ2) is 15.1. The first-order valence-electron chi connectivity index (χ1n) is 16.6. The number of fused-ring (bicyclic) bond motifs is 3. The Morgan fingerprint density at radius 3 is 2.02 bits per heavy atom. The van der Waals surface area contributed by atoms with Gasteiger partial charge in [-0.05, 0) is 115 Å². The first-order valence-corrected chi connectivity index (χ1v) is 16.6. The monoisotopic (exact) mass is 824 g/mol. The summed E-state index contributed by atoms with van der Waals surface area (Å²) in [6.45, 7) is 10.7. The van der Waals surface area contributed by atoms with Gasteiger partial charge in [-0.25, -0.2) is 0 Å². The normalized spacial score (nSPS) is 10.7. The summed E-state index contributed by atoms with van der Waals surface area (Å²) in [5.74, 6) is 0. The average molecular weight is 824 g/mol. The van der Waals surface area contributed by atoms with Crippen molar-refractivity contribution >= 4 is 21.7 Å². The molecule has 0 amide bonds. The van der Waals surface area contributed by atoms with Gasteiger partial charge in [-0.15, -0.1) is 71.3 Å². The minimum atomic E-state index is 0. The maximum Gasteiger partial charge on any atom is 0.0717 e. The van der Waals surface area contributed by atoms with Crippen molar-refractivity contribution in [3.8, 4) is 44.8 Å². The smallest absolute Gasteiger partial charge is 0.0717 e. The number of nitrogens with zero attached hydrogens (tertiary/aromatic N) is 3.